The molecule has 0 unspecified atom stereocenters. The molecule has 1 aromatic rings. The van der Waals surface area contributed by atoms with Gasteiger partial charge in [0.05, 0.1) is 6.42 Å². The first-order valence-electron chi connectivity index (χ1n) is 11.1. The van der Waals surface area contributed by atoms with Crippen LogP contribution in [0.25, 0.3) is 0 Å². The predicted molar refractivity (Wildman–Crippen MR) is 114 cm³/mol. The topological polar surface area (TPSA) is 46.6 Å². The zero-order chi connectivity index (χ0) is 21.0. The molecule has 2 aliphatic heterocycles. The van der Waals surface area contributed by atoms with Gasteiger partial charge in [-0.05, 0) is 62.0 Å². The van der Waals surface area contributed by atoms with E-state index in [1.807, 2.05) is 13.8 Å². The van der Waals surface area contributed by atoms with Gasteiger partial charge < -0.3 is 9.64 Å². The Hall–Kier alpha value is -1.84. The smallest absolute Gasteiger partial charge is 0.307 e. The van der Waals surface area contributed by atoms with Gasteiger partial charge in [-0.1, -0.05) is 45.0 Å². The quantitative estimate of drug-likeness (QED) is 0.673. The monoisotopic (exact) mass is 397 g/mol. The number of carbonyl (C=O) groups excluding carboxylic acids is 2. The van der Waals surface area contributed by atoms with Crippen LogP contribution in [-0.2, 0) is 19.7 Å². The van der Waals surface area contributed by atoms with Crippen LogP contribution in [0.2, 0.25) is 0 Å². The number of carbonyl (C=O) groups is 2. The number of esters is 1. The largest absolute Gasteiger partial charge is 0.459 e. The number of likely N-dealkylation sites (tertiary alicyclic amines) is 1. The summed E-state index contributed by atoms with van der Waals surface area (Å²) in [5.41, 5.74) is 2.38. The van der Waals surface area contributed by atoms with Crippen LogP contribution in [0.15, 0.2) is 24.3 Å². The molecule has 0 aromatic heterocycles. The van der Waals surface area contributed by atoms with Gasteiger partial charge in [0.1, 0.15) is 5.60 Å². The zero-order valence-corrected chi connectivity index (χ0v) is 18.6. The highest BCUT2D eigenvalue weighted by atomic mass is 16.6. The van der Waals surface area contributed by atoms with Gasteiger partial charge in [0.15, 0.2) is 0 Å². The van der Waals surface area contributed by atoms with Crippen molar-refractivity contribution in [1.29, 1.82) is 0 Å². The van der Waals surface area contributed by atoms with Crippen LogP contribution in [0.1, 0.15) is 83.8 Å². The Balaban J connectivity index is 1.31. The molecule has 1 aromatic carbocycles. The Kier molecular flexibility index (Phi) is 4.83. The Labute approximate surface area is 175 Å². The number of rotatable bonds is 2. The normalized spacial score (nSPS) is 29.6. The van der Waals surface area contributed by atoms with Gasteiger partial charge in [-0.2, -0.15) is 0 Å². The van der Waals surface area contributed by atoms with Gasteiger partial charge in [-0.15, -0.1) is 0 Å². The third kappa shape index (κ3) is 3.60. The van der Waals surface area contributed by atoms with E-state index >= 15 is 0 Å². The molecule has 1 spiro atoms. The summed E-state index contributed by atoms with van der Waals surface area (Å²) >= 11 is 0. The summed E-state index contributed by atoms with van der Waals surface area (Å²) in [6, 6.07) is 9.07. The standard InChI is InChI=1S/C25H35NO3/c1-23(2,3)20-8-6-17(7-9-20)18-10-12-26(13-11-18)22(28)19-14-25(15-19)16-21(27)29-24(25,4)5/h6-9,18-19H,10-16H2,1-5H3. The van der Waals surface area contributed by atoms with Crippen LogP contribution >= 0.6 is 0 Å². The van der Waals surface area contributed by atoms with E-state index in [1.54, 1.807) is 0 Å². The molecule has 0 radical (unpaired) electrons. The Morgan fingerprint density at radius 1 is 1.07 bits per heavy atom. The van der Waals surface area contributed by atoms with E-state index in [2.05, 4.69) is 49.9 Å². The maximum absolute atomic E-state index is 13.0. The summed E-state index contributed by atoms with van der Waals surface area (Å²) in [7, 11) is 0. The van der Waals surface area contributed by atoms with Gasteiger partial charge in [-0.25, -0.2) is 0 Å². The molecule has 1 aliphatic carbocycles. The average molecular weight is 398 g/mol. The van der Waals surface area contributed by atoms with Crippen molar-refractivity contribution in [2.45, 2.75) is 83.7 Å². The second-order valence-electron chi connectivity index (χ2n) is 11.0. The van der Waals surface area contributed by atoms with Crippen molar-refractivity contribution < 1.29 is 14.3 Å². The van der Waals surface area contributed by atoms with E-state index in [1.165, 1.54) is 11.1 Å². The molecule has 4 nitrogen and oxygen atoms in total. The van der Waals surface area contributed by atoms with Gasteiger partial charge in [0.2, 0.25) is 5.91 Å². The number of piperidine rings is 1. The van der Waals surface area contributed by atoms with Crippen LogP contribution in [0, 0.1) is 11.3 Å². The maximum atomic E-state index is 13.0. The summed E-state index contributed by atoms with van der Waals surface area (Å²) in [6.07, 6.45) is 4.12. The van der Waals surface area contributed by atoms with Crippen molar-refractivity contribution in [2.24, 2.45) is 11.3 Å². The van der Waals surface area contributed by atoms with E-state index in [-0.39, 0.29) is 28.6 Å². The third-order valence-electron chi connectivity index (χ3n) is 7.81. The second kappa shape index (κ2) is 6.85. The molecule has 0 N–H and O–H groups in total. The molecular weight excluding hydrogens is 362 g/mol. The van der Waals surface area contributed by atoms with Crippen molar-refractivity contribution in [3.8, 4) is 0 Å². The van der Waals surface area contributed by atoms with Gasteiger partial charge in [0, 0.05) is 24.4 Å². The van der Waals surface area contributed by atoms with E-state index in [0.717, 1.165) is 38.8 Å². The molecule has 3 fully saturated rings. The molecule has 0 atom stereocenters. The highest BCUT2D eigenvalue weighted by Crippen LogP contribution is 2.60. The lowest BCUT2D eigenvalue weighted by Crippen LogP contribution is -2.54. The number of cyclic esters (lactones) is 1. The number of amides is 1. The number of hydrogen-bond acceptors (Lipinski definition) is 3. The van der Waals surface area contributed by atoms with Crippen molar-refractivity contribution >= 4 is 11.9 Å². The summed E-state index contributed by atoms with van der Waals surface area (Å²) < 4.78 is 5.51. The van der Waals surface area contributed by atoms with Crippen molar-refractivity contribution in [2.75, 3.05) is 13.1 Å². The zero-order valence-electron chi connectivity index (χ0n) is 18.6. The lowest BCUT2D eigenvalue weighted by atomic mass is 9.54. The Bertz CT molecular complexity index is 788. The Morgan fingerprint density at radius 3 is 2.14 bits per heavy atom. The number of nitrogens with zero attached hydrogens (tertiary/aromatic N) is 1. The number of ether oxygens (including phenoxy) is 1. The maximum Gasteiger partial charge on any atom is 0.307 e. The molecule has 2 heterocycles. The SMILES string of the molecule is CC(C)(C)c1ccc(C2CCN(C(=O)C3CC4(CC(=O)OC4(C)C)C3)CC2)cc1. The lowest BCUT2D eigenvalue weighted by molar-refractivity contribution is -0.158. The molecule has 29 heavy (non-hydrogen) atoms. The van der Waals surface area contributed by atoms with Crippen LogP contribution in [0.5, 0.6) is 0 Å². The summed E-state index contributed by atoms with van der Waals surface area (Å²) in [6.45, 7) is 12.4. The molecule has 158 valence electrons. The highest BCUT2D eigenvalue weighted by Gasteiger charge is 2.63. The molecule has 4 rings (SSSR count). The average Bonchev–Trinajstić information content (AvgIpc) is 2.88. The van der Waals surface area contributed by atoms with Crippen molar-refractivity contribution in [3.63, 3.8) is 0 Å². The van der Waals surface area contributed by atoms with Crippen molar-refractivity contribution in [3.05, 3.63) is 35.4 Å². The highest BCUT2D eigenvalue weighted by molar-refractivity contribution is 5.82. The minimum absolute atomic E-state index is 0.0615. The molecule has 0 bridgehead atoms. The first-order chi connectivity index (χ1) is 13.5. The third-order valence-corrected chi connectivity index (χ3v) is 7.81. The summed E-state index contributed by atoms with van der Waals surface area (Å²) in [4.78, 5) is 26.8. The van der Waals surface area contributed by atoms with Gasteiger partial charge in [0.25, 0.3) is 0 Å². The molecule has 1 amide bonds. The summed E-state index contributed by atoms with van der Waals surface area (Å²) in [5.74, 6) is 0.776. The number of benzene rings is 1. The van der Waals surface area contributed by atoms with E-state index < -0.39 is 5.60 Å². The van der Waals surface area contributed by atoms with Crippen LogP contribution in [0.3, 0.4) is 0 Å². The fraction of sp³-hybridized carbons (Fsp3) is 0.680. The van der Waals surface area contributed by atoms with Crippen LogP contribution in [0.4, 0.5) is 0 Å². The Morgan fingerprint density at radius 2 is 1.66 bits per heavy atom. The van der Waals surface area contributed by atoms with Gasteiger partial charge in [-0.3, -0.25) is 9.59 Å². The minimum Gasteiger partial charge on any atom is -0.459 e. The van der Waals surface area contributed by atoms with Gasteiger partial charge >= 0.3 is 5.97 Å². The lowest BCUT2D eigenvalue weighted by Gasteiger charge is -2.51. The fourth-order valence-electron chi connectivity index (χ4n) is 5.56. The predicted octanol–water partition coefficient (Wildman–Crippen LogP) is 4.81. The van der Waals surface area contributed by atoms with Crippen LogP contribution < -0.4 is 0 Å². The van der Waals surface area contributed by atoms with E-state index in [4.69, 9.17) is 4.74 Å². The van der Waals surface area contributed by atoms with E-state index in [0.29, 0.717) is 12.3 Å². The first kappa shape index (κ1) is 20.4. The molecule has 2 saturated heterocycles. The molecule has 3 aliphatic rings. The second-order valence-corrected chi connectivity index (χ2v) is 11.0. The van der Waals surface area contributed by atoms with Crippen LogP contribution in [-0.4, -0.2) is 35.5 Å². The minimum atomic E-state index is -0.437. The van der Waals surface area contributed by atoms with E-state index in [9.17, 15) is 9.59 Å². The van der Waals surface area contributed by atoms with Crippen molar-refractivity contribution in [1.82, 2.24) is 4.90 Å². The first-order valence-corrected chi connectivity index (χ1v) is 11.1. The molecule has 4 heteroatoms. The number of hydrogen-bond donors (Lipinski definition) is 0. The molecular formula is C25H35NO3. The summed E-state index contributed by atoms with van der Waals surface area (Å²) in [5, 5.41) is 0. The molecule has 1 saturated carbocycles. The fourth-order valence-corrected chi connectivity index (χ4v) is 5.56.